The summed E-state index contributed by atoms with van der Waals surface area (Å²) >= 11 is 0. The maximum absolute atomic E-state index is 12.5. The van der Waals surface area contributed by atoms with Crippen molar-refractivity contribution in [2.24, 2.45) is 0 Å². The highest BCUT2D eigenvalue weighted by Gasteiger charge is 2.32. The number of benzene rings is 1. The van der Waals surface area contributed by atoms with Crippen molar-refractivity contribution in [3.63, 3.8) is 0 Å². The minimum atomic E-state index is -0.773. The second-order valence-electron chi connectivity index (χ2n) is 6.95. The number of para-hydroxylation sites is 1. The van der Waals surface area contributed by atoms with Crippen molar-refractivity contribution in [1.82, 2.24) is 15.5 Å². The number of methoxy groups -OCH3 is 1. The molecule has 0 radical (unpaired) electrons. The van der Waals surface area contributed by atoms with Crippen LogP contribution < -0.4 is 10.1 Å². The molecule has 2 rings (SSSR count). The van der Waals surface area contributed by atoms with Crippen LogP contribution in [0.4, 0.5) is 0 Å². The Hall–Kier alpha value is -2.37. The van der Waals surface area contributed by atoms with E-state index in [4.69, 9.17) is 9.26 Å². The van der Waals surface area contributed by atoms with Gasteiger partial charge in [-0.25, -0.2) is 0 Å². The first-order valence-electron chi connectivity index (χ1n) is 7.45. The number of carbonyl (C=O) groups is 1. The van der Waals surface area contributed by atoms with Gasteiger partial charge in [-0.15, -0.1) is 0 Å². The summed E-state index contributed by atoms with van der Waals surface area (Å²) in [6.07, 6.45) is 0. The summed E-state index contributed by atoms with van der Waals surface area (Å²) in [7, 11) is 1.53. The molecule has 0 bridgehead atoms. The molecule has 0 saturated carbocycles. The molecule has 0 aliphatic carbocycles. The Balaban J connectivity index is 2.24. The van der Waals surface area contributed by atoms with Gasteiger partial charge in [-0.05, 0) is 26.0 Å². The quantitative estimate of drug-likeness (QED) is 0.938. The maximum atomic E-state index is 12.5. The molecule has 2 aromatic rings. The average molecular weight is 317 g/mol. The predicted molar refractivity (Wildman–Crippen MR) is 86.5 cm³/mol. The standard InChI is InChI=1S/C17H23N3O3/c1-16(2,3)15-18-14(20-23-15)17(4,5)19-13(21)11-9-7-8-10-12(11)22-6/h7-10H,1-6H3,(H,19,21). The third kappa shape index (κ3) is 3.70. The SMILES string of the molecule is COc1ccccc1C(=O)NC(C)(C)c1noc(C(C)(C)C)n1. The van der Waals surface area contributed by atoms with Crippen molar-refractivity contribution in [1.29, 1.82) is 0 Å². The Kier molecular flexibility index (Phi) is 4.45. The summed E-state index contributed by atoms with van der Waals surface area (Å²) in [6, 6.07) is 7.06. The van der Waals surface area contributed by atoms with Crippen LogP contribution in [0.25, 0.3) is 0 Å². The van der Waals surface area contributed by atoms with Crippen molar-refractivity contribution < 1.29 is 14.1 Å². The van der Waals surface area contributed by atoms with Gasteiger partial charge in [-0.2, -0.15) is 4.98 Å². The van der Waals surface area contributed by atoms with E-state index in [0.29, 0.717) is 23.0 Å². The van der Waals surface area contributed by atoms with E-state index in [1.807, 2.05) is 40.7 Å². The predicted octanol–water partition coefficient (Wildman–Crippen LogP) is 3.04. The van der Waals surface area contributed by atoms with Gasteiger partial charge in [-0.1, -0.05) is 38.1 Å². The second kappa shape index (κ2) is 6.02. The summed E-state index contributed by atoms with van der Waals surface area (Å²) in [5.41, 5.74) is -0.554. The van der Waals surface area contributed by atoms with Gasteiger partial charge in [-0.3, -0.25) is 4.79 Å². The molecule has 6 nitrogen and oxygen atoms in total. The first kappa shape index (κ1) is 17.0. The molecular weight excluding hydrogens is 294 g/mol. The molecule has 1 aromatic carbocycles. The molecule has 0 aliphatic heterocycles. The minimum absolute atomic E-state index is 0.242. The summed E-state index contributed by atoms with van der Waals surface area (Å²) < 4.78 is 10.5. The Morgan fingerprint density at radius 1 is 1.17 bits per heavy atom. The summed E-state index contributed by atoms with van der Waals surface area (Å²) in [5, 5.41) is 6.94. The largest absolute Gasteiger partial charge is 0.496 e. The highest BCUT2D eigenvalue weighted by Crippen LogP contribution is 2.25. The zero-order chi connectivity index (χ0) is 17.3. The summed E-state index contributed by atoms with van der Waals surface area (Å²) in [4.78, 5) is 17.0. The molecule has 23 heavy (non-hydrogen) atoms. The molecular formula is C17H23N3O3. The van der Waals surface area contributed by atoms with Crippen LogP contribution in [0.3, 0.4) is 0 Å². The van der Waals surface area contributed by atoms with Crippen molar-refractivity contribution in [2.75, 3.05) is 7.11 Å². The molecule has 0 aliphatic rings. The fourth-order valence-electron chi connectivity index (χ4n) is 2.02. The van der Waals surface area contributed by atoms with Crippen LogP contribution in [0, 0.1) is 0 Å². The van der Waals surface area contributed by atoms with Crippen LogP contribution in [-0.2, 0) is 11.0 Å². The van der Waals surface area contributed by atoms with E-state index < -0.39 is 5.54 Å². The molecule has 1 aromatic heterocycles. The maximum Gasteiger partial charge on any atom is 0.255 e. The molecule has 0 fully saturated rings. The van der Waals surface area contributed by atoms with Crippen molar-refractivity contribution in [3.05, 3.63) is 41.5 Å². The van der Waals surface area contributed by atoms with Crippen LogP contribution >= 0.6 is 0 Å². The van der Waals surface area contributed by atoms with E-state index in [1.165, 1.54) is 7.11 Å². The third-order valence-corrected chi connectivity index (χ3v) is 3.40. The molecule has 0 spiro atoms. The molecule has 6 heteroatoms. The fourth-order valence-corrected chi connectivity index (χ4v) is 2.02. The van der Waals surface area contributed by atoms with E-state index in [2.05, 4.69) is 15.5 Å². The topological polar surface area (TPSA) is 77.2 Å². The number of carbonyl (C=O) groups excluding carboxylic acids is 1. The average Bonchev–Trinajstić information content (AvgIpc) is 2.97. The number of nitrogens with one attached hydrogen (secondary N) is 1. The van der Waals surface area contributed by atoms with E-state index >= 15 is 0 Å². The normalized spacial score (nSPS) is 12.1. The fraction of sp³-hybridized carbons (Fsp3) is 0.471. The monoisotopic (exact) mass is 317 g/mol. The van der Waals surface area contributed by atoms with Gasteiger partial charge >= 0.3 is 0 Å². The van der Waals surface area contributed by atoms with Gasteiger partial charge in [0.2, 0.25) is 5.89 Å². The molecule has 0 atom stereocenters. The Labute approximate surface area is 136 Å². The van der Waals surface area contributed by atoms with Gasteiger partial charge < -0.3 is 14.6 Å². The summed E-state index contributed by atoms with van der Waals surface area (Å²) in [6.45, 7) is 9.63. The van der Waals surface area contributed by atoms with Crippen LogP contribution in [-0.4, -0.2) is 23.2 Å². The molecule has 0 saturated heterocycles. The lowest BCUT2D eigenvalue weighted by Gasteiger charge is -2.23. The van der Waals surface area contributed by atoms with Crippen LogP contribution in [0.15, 0.2) is 28.8 Å². The van der Waals surface area contributed by atoms with Crippen LogP contribution in [0.5, 0.6) is 5.75 Å². The van der Waals surface area contributed by atoms with Gasteiger partial charge in [0.25, 0.3) is 5.91 Å². The van der Waals surface area contributed by atoms with Gasteiger partial charge in [0, 0.05) is 5.41 Å². The van der Waals surface area contributed by atoms with E-state index in [-0.39, 0.29) is 11.3 Å². The van der Waals surface area contributed by atoms with Crippen LogP contribution in [0.2, 0.25) is 0 Å². The number of nitrogens with zero attached hydrogens (tertiary/aromatic N) is 2. The molecule has 124 valence electrons. The third-order valence-electron chi connectivity index (χ3n) is 3.40. The second-order valence-corrected chi connectivity index (χ2v) is 6.95. The first-order valence-corrected chi connectivity index (χ1v) is 7.45. The highest BCUT2D eigenvalue weighted by atomic mass is 16.5. The number of rotatable bonds is 4. The van der Waals surface area contributed by atoms with Gasteiger partial charge in [0.15, 0.2) is 5.82 Å². The van der Waals surface area contributed by atoms with E-state index in [1.54, 1.807) is 18.2 Å². The summed E-state index contributed by atoms with van der Waals surface area (Å²) in [5.74, 6) is 1.23. The Morgan fingerprint density at radius 3 is 2.39 bits per heavy atom. The Morgan fingerprint density at radius 2 is 1.83 bits per heavy atom. The van der Waals surface area contributed by atoms with Crippen LogP contribution in [0.1, 0.15) is 56.7 Å². The first-order chi connectivity index (χ1) is 10.6. The van der Waals surface area contributed by atoms with Crippen molar-refractivity contribution in [2.45, 2.75) is 45.6 Å². The van der Waals surface area contributed by atoms with E-state index in [0.717, 1.165) is 0 Å². The van der Waals surface area contributed by atoms with Crippen molar-refractivity contribution in [3.8, 4) is 5.75 Å². The van der Waals surface area contributed by atoms with E-state index in [9.17, 15) is 4.79 Å². The van der Waals surface area contributed by atoms with Crippen molar-refractivity contribution >= 4 is 5.91 Å². The molecule has 1 heterocycles. The lowest BCUT2D eigenvalue weighted by Crippen LogP contribution is -2.42. The minimum Gasteiger partial charge on any atom is -0.496 e. The molecule has 0 unspecified atom stereocenters. The molecule has 1 amide bonds. The lowest BCUT2D eigenvalue weighted by molar-refractivity contribution is 0.0904. The zero-order valence-electron chi connectivity index (χ0n) is 14.4. The number of amides is 1. The van der Waals surface area contributed by atoms with Gasteiger partial charge in [0.05, 0.1) is 18.2 Å². The number of hydrogen-bond donors (Lipinski definition) is 1. The zero-order valence-corrected chi connectivity index (χ0v) is 14.4. The lowest BCUT2D eigenvalue weighted by atomic mass is 9.96. The van der Waals surface area contributed by atoms with Gasteiger partial charge in [0.1, 0.15) is 5.75 Å². The smallest absolute Gasteiger partial charge is 0.255 e. The number of hydrogen-bond acceptors (Lipinski definition) is 5. The highest BCUT2D eigenvalue weighted by molar-refractivity contribution is 5.97. The molecule has 1 N–H and O–H groups in total. The number of ether oxygens (including phenoxy) is 1. The number of aromatic nitrogens is 2. The Bertz CT molecular complexity index is 699.